The molecule has 0 saturated carbocycles. The summed E-state index contributed by atoms with van der Waals surface area (Å²) in [6.45, 7) is 8.87. The van der Waals surface area contributed by atoms with Gasteiger partial charge < -0.3 is 21.3 Å². The van der Waals surface area contributed by atoms with E-state index in [0.29, 0.717) is 0 Å². The first-order chi connectivity index (χ1) is 7.50. The summed E-state index contributed by atoms with van der Waals surface area (Å²) in [4.78, 5) is 4.29. The third-order valence-electron chi connectivity index (χ3n) is 2.22. The molecule has 1 aliphatic rings. The SMILES string of the molecule is C1=N\CCNCCNCCNCCNC/1. The van der Waals surface area contributed by atoms with Crippen LogP contribution in [0.5, 0.6) is 0 Å². The lowest BCUT2D eigenvalue weighted by Gasteiger charge is -2.06. The fraction of sp³-hybridized carbons (Fsp3) is 0.900. The van der Waals surface area contributed by atoms with Crippen LogP contribution in [-0.4, -0.2) is 65.1 Å². The van der Waals surface area contributed by atoms with Crippen LogP contribution in [0.25, 0.3) is 0 Å². The second kappa shape index (κ2) is 10.0. The van der Waals surface area contributed by atoms with Crippen molar-refractivity contribution in [3.63, 3.8) is 0 Å². The van der Waals surface area contributed by atoms with Crippen LogP contribution in [-0.2, 0) is 0 Å². The van der Waals surface area contributed by atoms with Crippen molar-refractivity contribution in [1.82, 2.24) is 21.3 Å². The summed E-state index contributed by atoms with van der Waals surface area (Å²) in [5.41, 5.74) is 0. The highest BCUT2D eigenvalue weighted by Gasteiger charge is 1.90. The summed E-state index contributed by atoms with van der Waals surface area (Å²) in [5.74, 6) is 0. The molecule has 5 nitrogen and oxygen atoms in total. The van der Waals surface area contributed by atoms with Crippen LogP contribution >= 0.6 is 0 Å². The Hall–Kier alpha value is -0.490. The molecule has 0 bridgehead atoms. The molecule has 1 rings (SSSR count). The molecule has 0 amide bonds. The summed E-state index contributed by atoms with van der Waals surface area (Å²) in [5, 5.41) is 13.4. The van der Waals surface area contributed by atoms with Crippen molar-refractivity contribution in [2.24, 2.45) is 4.99 Å². The molecule has 1 aliphatic heterocycles. The number of aliphatic imine (C=N–C) groups is 1. The van der Waals surface area contributed by atoms with Crippen molar-refractivity contribution in [3.05, 3.63) is 0 Å². The Bertz CT molecular complexity index is 144. The number of nitrogens with one attached hydrogen (secondary N) is 4. The van der Waals surface area contributed by atoms with Crippen LogP contribution in [0.2, 0.25) is 0 Å². The van der Waals surface area contributed by atoms with Crippen LogP contribution in [0.15, 0.2) is 4.99 Å². The molecule has 0 aromatic rings. The van der Waals surface area contributed by atoms with Gasteiger partial charge >= 0.3 is 0 Å². The predicted octanol–water partition coefficient (Wildman–Crippen LogP) is -1.57. The standard InChI is InChI=1S/C10H23N5/c1-2-12-5-6-14-9-10-15-8-7-13-4-3-11-1/h1,12-15H,2-10H2/b11-1-. The summed E-state index contributed by atoms with van der Waals surface area (Å²) >= 11 is 0. The second-order valence-electron chi connectivity index (χ2n) is 3.54. The Morgan fingerprint density at radius 3 is 1.87 bits per heavy atom. The maximum atomic E-state index is 4.29. The van der Waals surface area contributed by atoms with Crippen molar-refractivity contribution in [2.45, 2.75) is 0 Å². The third kappa shape index (κ3) is 8.50. The average Bonchev–Trinajstić information content (AvgIpc) is 2.27. The Balaban J connectivity index is 2.08. The molecule has 0 aromatic carbocycles. The zero-order valence-corrected chi connectivity index (χ0v) is 9.39. The van der Waals surface area contributed by atoms with Crippen LogP contribution in [0.1, 0.15) is 0 Å². The quantitative estimate of drug-likeness (QED) is 0.393. The van der Waals surface area contributed by atoms with E-state index in [2.05, 4.69) is 26.3 Å². The van der Waals surface area contributed by atoms with Crippen molar-refractivity contribution >= 4 is 6.21 Å². The van der Waals surface area contributed by atoms with Crippen LogP contribution in [0, 0.1) is 0 Å². The average molecular weight is 213 g/mol. The number of rotatable bonds is 0. The molecule has 0 radical (unpaired) electrons. The van der Waals surface area contributed by atoms with Gasteiger partial charge in [0, 0.05) is 58.6 Å². The van der Waals surface area contributed by atoms with Gasteiger partial charge in [0.2, 0.25) is 0 Å². The first kappa shape index (κ1) is 12.6. The highest BCUT2D eigenvalue weighted by atomic mass is 15.0. The zero-order chi connectivity index (χ0) is 10.6. The fourth-order valence-corrected chi connectivity index (χ4v) is 1.37. The predicted molar refractivity (Wildman–Crippen MR) is 64.8 cm³/mol. The normalized spacial score (nSPS) is 25.1. The minimum absolute atomic E-state index is 0.875. The maximum absolute atomic E-state index is 4.29. The van der Waals surface area contributed by atoms with Crippen LogP contribution in [0.3, 0.4) is 0 Å². The van der Waals surface area contributed by atoms with Gasteiger partial charge in [0.25, 0.3) is 0 Å². The van der Waals surface area contributed by atoms with Gasteiger partial charge in [0.15, 0.2) is 0 Å². The molecule has 5 heteroatoms. The molecule has 0 spiro atoms. The van der Waals surface area contributed by atoms with Gasteiger partial charge in [0.05, 0.1) is 6.54 Å². The molecule has 0 aromatic heterocycles. The number of nitrogens with zero attached hydrogens (tertiary/aromatic N) is 1. The molecular formula is C10H23N5. The third-order valence-corrected chi connectivity index (χ3v) is 2.22. The van der Waals surface area contributed by atoms with E-state index in [-0.39, 0.29) is 0 Å². The molecule has 0 aliphatic carbocycles. The topological polar surface area (TPSA) is 60.5 Å². The molecule has 88 valence electrons. The molecule has 0 atom stereocenters. The molecule has 15 heavy (non-hydrogen) atoms. The molecule has 0 unspecified atom stereocenters. The zero-order valence-electron chi connectivity index (χ0n) is 9.39. The summed E-state index contributed by atoms with van der Waals surface area (Å²) < 4.78 is 0. The Kier molecular flexibility index (Phi) is 8.42. The largest absolute Gasteiger partial charge is 0.314 e. The van der Waals surface area contributed by atoms with Gasteiger partial charge in [-0.25, -0.2) is 0 Å². The Morgan fingerprint density at radius 2 is 1.20 bits per heavy atom. The first-order valence-corrected chi connectivity index (χ1v) is 5.81. The van der Waals surface area contributed by atoms with Crippen molar-refractivity contribution in [1.29, 1.82) is 0 Å². The van der Waals surface area contributed by atoms with E-state index in [0.717, 1.165) is 58.9 Å². The van der Waals surface area contributed by atoms with Crippen molar-refractivity contribution in [2.75, 3.05) is 58.9 Å². The smallest absolute Gasteiger partial charge is 0.0510 e. The van der Waals surface area contributed by atoms with Crippen molar-refractivity contribution in [3.8, 4) is 0 Å². The Labute approximate surface area is 92.1 Å². The first-order valence-electron chi connectivity index (χ1n) is 5.81. The summed E-state index contributed by atoms with van der Waals surface area (Å²) in [7, 11) is 0. The lowest BCUT2D eigenvalue weighted by atomic mass is 10.5. The lowest BCUT2D eigenvalue weighted by molar-refractivity contribution is 0.578. The number of hydrogen-bond acceptors (Lipinski definition) is 5. The molecule has 4 N–H and O–H groups in total. The minimum Gasteiger partial charge on any atom is -0.314 e. The lowest BCUT2D eigenvalue weighted by Crippen LogP contribution is -2.35. The van der Waals surface area contributed by atoms with E-state index >= 15 is 0 Å². The van der Waals surface area contributed by atoms with Gasteiger partial charge in [-0.05, 0) is 0 Å². The van der Waals surface area contributed by atoms with Gasteiger partial charge in [-0.1, -0.05) is 0 Å². The van der Waals surface area contributed by atoms with E-state index < -0.39 is 0 Å². The molecule has 1 heterocycles. The van der Waals surface area contributed by atoms with E-state index in [9.17, 15) is 0 Å². The molecular weight excluding hydrogens is 190 g/mol. The van der Waals surface area contributed by atoms with E-state index in [4.69, 9.17) is 0 Å². The van der Waals surface area contributed by atoms with Crippen molar-refractivity contribution < 1.29 is 0 Å². The molecule has 0 fully saturated rings. The summed E-state index contributed by atoms with van der Waals surface area (Å²) in [6, 6.07) is 0. The summed E-state index contributed by atoms with van der Waals surface area (Å²) in [6.07, 6.45) is 1.96. The van der Waals surface area contributed by atoms with Crippen LogP contribution in [0.4, 0.5) is 0 Å². The monoisotopic (exact) mass is 213 g/mol. The van der Waals surface area contributed by atoms with E-state index in [1.807, 2.05) is 6.21 Å². The van der Waals surface area contributed by atoms with Gasteiger partial charge in [0.1, 0.15) is 0 Å². The number of hydrogen-bond donors (Lipinski definition) is 4. The van der Waals surface area contributed by atoms with Gasteiger partial charge in [-0.2, -0.15) is 0 Å². The second-order valence-corrected chi connectivity index (χ2v) is 3.54. The van der Waals surface area contributed by atoms with Crippen LogP contribution < -0.4 is 21.3 Å². The highest BCUT2D eigenvalue weighted by Crippen LogP contribution is 1.68. The fourth-order valence-electron chi connectivity index (χ4n) is 1.37. The van der Waals surface area contributed by atoms with E-state index in [1.54, 1.807) is 0 Å². The van der Waals surface area contributed by atoms with Gasteiger partial charge in [-0.3, -0.25) is 4.99 Å². The maximum Gasteiger partial charge on any atom is 0.0510 e. The molecule has 0 saturated heterocycles. The Morgan fingerprint density at radius 1 is 0.667 bits per heavy atom. The van der Waals surface area contributed by atoms with E-state index in [1.165, 1.54) is 0 Å². The van der Waals surface area contributed by atoms with Gasteiger partial charge in [-0.15, -0.1) is 0 Å². The minimum atomic E-state index is 0.875. The highest BCUT2D eigenvalue weighted by molar-refractivity contribution is 5.59.